The third-order valence-corrected chi connectivity index (χ3v) is 1.90. The lowest BCUT2D eigenvalue weighted by molar-refractivity contribution is -0.446. The largest absolute Gasteiger partial charge is 1.00 e. The lowest BCUT2D eigenvalue weighted by Gasteiger charge is -1.96. The number of hydrogen-bond acceptors (Lipinski definition) is 4. The van der Waals surface area contributed by atoms with Crippen LogP contribution in [0.3, 0.4) is 0 Å². The monoisotopic (exact) mass is 222 g/mol. The molecule has 0 atom stereocenters. The molecular weight excluding hydrogens is 212 g/mol. The number of aromatic amines is 1. The van der Waals surface area contributed by atoms with Gasteiger partial charge in [0.1, 0.15) is 6.07 Å². The molecule has 0 aliphatic rings. The summed E-state index contributed by atoms with van der Waals surface area (Å²) < 4.78 is 9.98. The normalized spacial score (nSPS) is 8.85. The number of methoxy groups -OCH3 is 2. The van der Waals surface area contributed by atoms with Crippen LogP contribution < -0.4 is 26.9 Å². The van der Waals surface area contributed by atoms with E-state index in [4.69, 9.17) is 9.47 Å². The molecule has 0 amide bonds. The van der Waals surface area contributed by atoms with E-state index in [0.29, 0.717) is 11.8 Å². The number of hydrogen-bond donors (Lipinski definition) is 0. The van der Waals surface area contributed by atoms with Gasteiger partial charge in [-0.2, -0.15) is 0 Å². The van der Waals surface area contributed by atoms with E-state index < -0.39 is 0 Å². The van der Waals surface area contributed by atoms with Crippen molar-refractivity contribution in [3.63, 3.8) is 0 Å². The highest BCUT2D eigenvalue weighted by molar-refractivity contribution is 7.98. The predicted molar refractivity (Wildman–Crippen MR) is 45.7 cm³/mol. The number of H-pyrrole nitrogens is 1. The second-order valence-electron chi connectivity index (χ2n) is 2.00. The van der Waals surface area contributed by atoms with E-state index in [-0.39, 0.29) is 12.4 Å². The molecule has 0 aromatic carbocycles. The second kappa shape index (κ2) is 5.88. The smallest absolute Gasteiger partial charge is 0.363 e. The standard InChI is InChI=1S/C7H10N2O2S.ClH/c1-10-5-4-6(11-2)9-7(8-5)12-3;/h4H,1-3H3;1H. The Morgan fingerprint density at radius 3 is 2.54 bits per heavy atom. The van der Waals surface area contributed by atoms with E-state index >= 15 is 0 Å². The molecule has 4 nitrogen and oxygen atoms in total. The van der Waals surface area contributed by atoms with Gasteiger partial charge < -0.3 is 21.9 Å². The molecule has 1 aromatic heterocycles. The fourth-order valence-corrected chi connectivity index (χ4v) is 1.11. The van der Waals surface area contributed by atoms with Crippen LogP contribution in [0.15, 0.2) is 11.2 Å². The maximum atomic E-state index is 5.01. The highest BCUT2D eigenvalue weighted by Gasteiger charge is 2.11. The topological polar surface area (TPSA) is 45.5 Å². The fraction of sp³-hybridized carbons (Fsp3) is 0.429. The van der Waals surface area contributed by atoms with E-state index in [0.717, 1.165) is 5.16 Å². The van der Waals surface area contributed by atoms with Crippen LogP contribution in [0, 0.1) is 0 Å². The first-order chi connectivity index (χ1) is 5.80. The molecule has 0 saturated heterocycles. The zero-order valence-electron chi connectivity index (χ0n) is 7.63. The van der Waals surface area contributed by atoms with E-state index in [1.54, 1.807) is 20.3 Å². The van der Waals surface area contributed by atoms with Crippen LogP contribution in [0.2, 0.25) is 0 Å². The van der Waals surface area contributed by atoms with Gasteiger partial charge in [0, 0.05) is 4.98 Å². The molecule has 0 saturated carbocycles. The summed E-state index contributed by atoms with van der Waals surface area (Å²) in [5, 5.41) is 0.770. The van der Waals surface area contributed by atoms with E-state index in [1.807, 2.05) is 6.26 Å². The first-order valence-corrected chi connectivity index (χ1v) is 4.59. The summed E-state index contributed by atoms with van der Waals surface area (Å²) in [6, 6.07) is 1.69. The molecule has 1 rings (SSSR count). The van der Waals surface area contributed by atoms with Crippen LogP contribution in [-0.2, 0) is 0 Å². The van der Waals surface area contributed by atoms with Crippen LogP contribution in [0.4, 0.5) is 0 Å². The van der Waals surface area contributed by atoms with E-state index in [2.05, 4.69) is 9.97 Å². The zero-order valence-corrected chi connectivity index (χ0v) is 9.20. The summed E-state index contributed by atoms with van der Waals surface area (Å²) in [5.74, 6) is 1.20. The molecule has 1 heterocycles. The molecule has 13 heavy (non-hydrogen) atoms. The Balaban J connectivity index is 0.00000144. The summed E-state index contributed by atoms with van der Waals surface area (Å²) in [5.41, 5.74) is 0. The zero-order chi connectivity index (χ0) is 8.97. The van der Waals surface area contributed by atoms with Crippen LogP contribution in [0.25, 0.3) is 0 Å². The van der Waals surface area contributed by atoms with Crippen molar-refractivity contribution in [1.82, 2.24) is 4.98 Å². The van der Waals surface area contributed by atoms with Gasteiger partial charge in [0.15, 0.2) is 0 Å². The third kappa shape index (κ3) is 3.28. The lowest BCUT2D eigenvalue weighted by Crippen LogP contribution is -3.00. The Bertz CT molecular complexity index is 217. The quantitative estimate of drug-likeness (QED) is 0.424. The number of thioether (sulfide) groups is 1. The van der Waals surface area contributed by atoms with Crippen molar-refractivity contribution in [3.05, 3.63) is 6.07 Å². The second-order valence-corrected chi connectivity index (χ2v) is 2.80. The van der Waals surface area contributed by atoms with Gasteiger partial charge in [-0.05, 0) is 18.0 Å². The Morgan fingerprint density at radius 2 is 2.08 bits per heavy atom. The highest BCUT2D eigenvalue weighted by Crippen LogP contribution is 2.15. The molecule has 74 valence electrons. The lowest BCUT2D eigenvalue weighted by atomic mass is 10.6. The predicted octanol–water partition coefficient (Wildman–Crippen LogP) is -2.36. The average Bonchev–Trinajstić information content (AvgIpc) is 2.16. The third-order valence-electron chi connectivity index (χ3n) is 1.32. The van der Waals surface area contributed by atoms with Crippen LogP contribution in [0.5, 0.6) is 11.8 Å². The summed E-state index contributed by atoms with van der Waals surface area (Å²) in [7, 11) is 3.17. The van der Waals surface area contributed by atoms with Gasteiger partial charge in [0.25, 0.3) is 5.88 Å². The van der Waals surface area contributed by atoms with Crippen molar-refractivity contribution in [2.45, 2.75) is 5.16 Å². The molecule has 6 heteroatoms. The summed E-state index contributed by atoms with van der Waals surface area (Å²) in [6.45, 7) is 0. The molecule has 0 aliphatic carbocycles. The Labute approximate surface area is 87.5 Å². The maximum absolute atomic E-state index is 5.01. The summed E-state index contributed by atoms with van der Waals surface area (Å²) in [6.07, 6.45) is 1.93. The van der Waals surface area contributed by atoms with Crippen molar-refractivity contribution in [2.75, 3.05) is 20.5 Å². The van der Waals surface area contributed by atoms with Gasteiger partial charge in [-0.25, -0.2) is 4.98 Å². The van der Waals surface area contributed by atoms with Crippen molar-refractivity contribution in [3.8, 4) is 11.8 Å². The molecular formula is C7H11ClN2O2S. The van der Waals surface area contributed by atoms with Gasteiger partial charge in [-0.15, -0.1) is 0 Å². The van der Waals surface area contributed by atoms with Crippen molar-refractivity contribution >= 4 is 11.8 Å². The Kier molecular flexibility index (Phi) is 5.57. The van der Waals surface area contributed by atoms with Crippen molar-refractivity contribution in [1.29, 1.82) is 0 Å². The summed E-state index contributed by atoms with van der Waals surface area (Å²) in [4.78, 5) is 7.09. The van der Waals surface area contributed by atoms with Gasteiger partial charge >= 0.3 is 11.0 Å². The Hall–Kier alpha value is -0.680. The molecule has 0 aliphatic heterocycles. The van der Waals surface area contributed by atoms with E-state index in [9.17, 15) is 0 Å². The summed E-state index contributed by atoms with van der Waals surface area (Å²) >= 11 is 1.50. The molecule has 0 radical (unpaired) electrons. The van der Waals surface area contributed by atoms with Crippen molar-refractivity contribution < 1.29 is 26.9 Å². The van der Waals surface area contributed by atoms with Crippen LogP contribution in [0.1, 0.15) is 0 Å². The number of halogens is 1. The number of ether oxygens (including phenoxy) is 2. The number of rotatable bonds is 3. The first-order valence-electron chi connectivity index (χ1n) is 3.36. The van der Waals surface area contributed by atoms with Gasteiger partial charge in [0.05, 0.1) is 14.2 Å². The molecule has 0 spiro atoms. The van der Waals surface area contributed by atoms with Crippen LogP contribution >= 0.6 is 11.8 Å². The van der Waals surface area contributed by atoms with Gasteiger partial charge in [-0.1, -0.05) is 0 Å². The van der Waals surface area contributed by atoms with Crippen LogP contribution in [-0.4, -0.2) is 25.5 Å². The number of nitrogens with one attached hydrogen (secondary N) is 1. The SMILES string of the molecule is COc1cc(OC)[nH+]c(SC)n1.[Cl-]. The van der Waals surface area contributed by atoms with Gasteiger partial charge in [-0.3, -0.25) is 0 Å². The minimum Gasteiger partial charge on any atom is -1.00 e. The molecule has 1 N–H and O–H groups in total. The maximum Gasteiger partial charge on any atom is 0.363 e. The average molecular weight is 223 g/mol. The molecule has 0 bridgehead atoms. The highest BCUT2D eigenvalue weighted by atomic mass is 35.5. The fourth-order valence-electron chi connectivity index (χ4n) is 0.725. The molecule has 1 aromatic rings. The van der Waals surface area contributed by atoms with E-state index in [1.165, 1.54) is 11.8 Å². The minimum absolute atomic E-state index is 0. The number of aromatic nitrogens is 2. The molecule has 0 fully saturated rings. The minimum atomic E-state index is 0. The molecule has 0 unspecified atom stereocenters. The van der Waals surface area contributed by atoms with Crippen molar-refractivity contribution in [2.24, 2.45) is 0 Å². The Morgan fingerprint density at radius 1 is 1.38 bits per heavy atom. The first kappa shape index (κ1) is 12.3. The van der Waals surface area contributed by atoms with Gasteiger partial charge in [0.2, 0.25) is 0 Å². The number of nitrogens with zero attached hydrogens (tertiary/aromatic N) is 1.